The highest BCUT2D eigenvalue weighted by Crippen LogP contribution is 2.32. The van der Waals surface area contributed by atoms with Gasteiger partial charge in [-0.3, -0.25) is 0 Å². The summed E-state index contributed by atoms with van der Waals surface area (Å²) in [5.74, 6) is 0. The Hall–Kier alpha value is -2.84. The first-order valence-corrected chi connectivity index (χ1v) is 7.33. The number of aromatic amines is 1. The Morgan fingerprint density at radius 3 is 3.10 bits per heavy atom. The van der Waals surface area contributed by atoms with Crippen LogP contribution in [0.1, 0.15) is 5.56 Å². The van der Waals surface area contributed by atoms with Crippen molar-refractivity contribution in [2.24, 2.45) is 0 Å². The Labute approximate surface area is 124 Å². The second kappa shape index (κ2) is 4.62. The quantitative estimate of drug-likeness (QED) is 0.575. The van der Waals surface area contributed by atoms with Crippen LogP contribution in [0.25, 0.3) is 21.1 Å². The monoisotopic (exact) mass is 290 g/mol. The fraction of sp³-hybridized carbons (Fsp3) is 0. The van der Waals surface area contributed by atoms with Crippen molar-refractivity contribution in [3.05, 3.63) is 53.7 Å². The predicted molar refractivity (Wildman–Crippen MR) is 85.9 cm³/mol. The first-order chi connectivity index (χ1) is 10.3. The van der Waals surface area contributed by atoms with Crippen molar-refractivity contribution in [2.75, 3.05) is 5.32 Å². The number of pyridine rings is 1. The molecule has 0 saturated heterocycles. The van der Waals surface area contributed by atoms with Gasteiger partial charge in [0, 0.05) is 34.4 Å². The summed E-state index contributed by atoms with van der Waals surface area (Å²) in [7, 11) is 0. The molecule has 0 aliphatic carbocycles. The molecular weight excluding hydrogens is 280 g/mol. The molecule has 0 aliphatic heterocycles. The van der Waals surface area contributed by atoms with E-state index in [9.17, 15) is 5.26 Å². The average molecular weight is 290 g/mol. The summed E-state index contributed by atoms with van der Waals surface area (Å²) >= 11 is 1.57. The van der Waals surface area contributed by atoms with E-state index in [-0.39, 0.29) is 0 Å². The normalized spacial score (nSPS) is 10.8. The highest BCUT2D eigenvalue weighted by Gasteiger charge is 2.10. The Morgan fingerprint density at radius 1 is 1.24 bits per heavy atom. The highest BCUT2D eigenvalue weighted by molar-refractivity contribution is 7.16. The van der Waals surface area contributed by atoms with Crippen LogP contribution in [0.4, 0.5) is 11.4 Å². The van der Waals surface area contributed by atoms with Gasteiger partial charge in [-0.25, -0.2) is 4.98 Å². The van der Waals surface area contributed by atoms with Gasteiger partial charge >= 0.3 is 0 Å². The van der Waals surface area contributed by atoms with E-state index in [2.05, 4.69) is 27.4 Å². The summed E-state index contributed by atoms with van der Waals surface area (Å²) in [5, 5.41) is 16.8. The molecule has 0 unspecified atom stereocenters. The maximum absolute atomic E-state index is 9.30. The fourth-order valence-corrected chi connectivity index (χ4v) is 3.16. The standard InChI is InChI=1S/C16H10N4S/c17-8-11-9-19-16-13(4-6-21-16)15(11)20-12-1-2-14-10(7-12)3-5-18-14/h1-7,9,18H,(H,19,20). The second-order valence-corrected chi connectivity index (χ2v) is 5.60. The number of nitrogens with one attached hydrogen (secondary N) is 2. The van der Waals surface area contributed by atoms with Crippen LogP contribution < -0.4 is 5.32 Å². The third kappa shape index (κ3) is 1.93. The van der Waals surface area contributed by atoms with E-state index in [0.717, 1.165) is 32.5 Å². The zero-order chi connectivity index (χ0) is 14.2. The Balaban J connectivity index is 1.86. The molecule has 0 radical (unpaired) electrons. The third-order valence-corrected chi connectivity index (χ3v) is 4.26. The lowest BCUT2D eigenvalue weighted by Crippen LogP contribution is -1.95. The fourth-order valence-electron chi connectivity index (χ4n) is 2.42. The number of thiophene rings is 1. The topological polar surface area (TPSA) is 64.5 Å². The molecule has 0 bridgehead atoms. The molecule has 0 spiro atoms. The van der Waals surface area contributed by atoms with E-state index >= 15 is 0 Å². The van der Waals surface area contributed by atoms with Gasteiger partial charge in [0.15, 0.2) is 0 Å². The van der Waals surface area contributed by atoms with E-state index in [1.54, 1.807) is 17.5 Å². The van der Waals surface area contributed by atoms with E-state index in [4.69, 9.17) is 0 Å². The summed E-state index contributed by atoms with van der Waals surface area (Å²) < 4.78 is 0. The van der Waals surface area contributed by atoms with Gasteiger partial charge in [-0.15, -0.1) is 11.3 Å². The molecule has 3 aromatic heterocycles. The Kier molecular flexibility index (Phi) is 2.62. The summed E-state index contributed by atoms with van der Waals surface area (Å²) in [6.07, 6.45) is 3.54. The second-order valence-electron chi connectivity index (χ2n) is 4.70. The van der Waals surface area contributed by atoms with Crippen molar-refractivity contribution in [1.29, 1.82) is 5.26 Å². The van der Waals surface area contributed by atoms with Gasteiger partial charge in [-0.05, 0) is 35.7 Å². The number of anilines is 2. The van der Waals surface area contributed by atoms with Crippen molar-refractivity contribution in [3.8, 4) is 6.07 Å². The number of hydrogen-bond donors (Lipinski definition) is 2. The van der Waals surface area contributed by atoms with Gasteiger partial charge < -0.3 is 10.3 Å². The number of hydrogen-bond acceptors (Lipinski definition) is 4. The molecule has 2 N–H and O–H groups in total. The van der Waals surface area contributed by atoms with Crippen LogP contribution in [-0.2, 0) is 0 Å². The SMILES string of the molecule is N#Cc1cnc2sccc2c1Nc1ccc2[nH]ccc2c1. The van der Waals surface area contributed by atoms with Crippen LogP contribution in [0.15, 0.2) is 48.1 Å². The van der Waals surface area contributed by atoms with Gasteiger partial charge in [0.2, 0.25) is 0 Å². The van der Waals surface area contributed by atoms with E-state index in [1.165, 1.54) is 0 Å². The number of fused-ring (bicyclic) bond motifs is 2. The molecular formula is C16H10N4S. The maximum Gasteiger partial charge on any atom is 0.125 e. The number of H-pyrrole nitrogens is 1. The first-order valence-electron chi connectivity index (χ1n) is 6.45. The third-order valence-electron chi connectivity index (χ3n) is 3.44. The lowest BCUT2D eigenvalue weighted by atomic mass is 10.1. The lowest BCUT2D eigenvalue weighted by Gasteiger charge is -2.09. The van der Waals surface area contributed by atoms with Crippen LogP contribution in [0.5, 0.6) is 0 Å². The first kappa shape index (κ1) is 11.9. The zero-order valence-electron chi connectivity index (χ0n) is 10.9. The molecule has 5 heteroatoms. The van der Waals surface area contributed by atoms with Gasteiger partial charge in [-0.2, -0.15) is 5.26 Å². The number of aromatic nitrogens is 2. The molecule has 3 heterocycles. The minimum absolute atomic E-state index is 0.551. The summed E-state index contributed by atoms with van der Waals surface area (Å²) in [6, 6.07) is 12.3. The number of rotatable bonds is 2. The van der Waals surface area contributed by atoms with E-state index in [1.807, 2.05) is 35.8 Å². The molecule has 0 aliphatic rings. The molecule has 100 valence electrons. The van der Waals surface area contributed by atoms with Crippen LogP contribution in [0.2, 0.25) is 0 Å². The molecule has 4 aromatic rings. The van der Waals surface area contributed by atoms with Gasteiger partial charge in [-0.1, -0.05) is 0 Å². The maximum atomic E-state index is 9.30. The van der Waals surface area contributed by atoms with Crippen molar-refractivity contribution in [1.82, 2.24) is 9.97 Å². The molecule has 21 heavy (non-hydrogen) atoms. The van der Waals surface area contributed by atoms with Crippen LogP contribution in [0.3, 0.4) is 0 Å². The minimum Gasteiger partial charge on any atom is -0.361 e. The molecule has 1 aromatic carbocycles. The smallest absolute Gasteiger partial charge is 0.125 e. The summed E-state index contributed by atoms with van der Waals surface area (Å²) in [5.41, 5.74) is 3.42. The average Bonchev–Trinajstić information content (AvgIpc) is 3.15. The lowest BCUT2D eigenvalue weighted by molar-refractivity contribution is 1.38. The molecule has 0 amide bonds. The Morgan fingerprint density at radius 2 is 2.19 bits per heavy atom. The van der Waals surface area contributed by atoms with E-state index in [0.29, 0.717) is 5.56 Å². The molecule has 0 atom stereocenters. The van der Waals surface area contributed by atoms with Crippen molar-refractivity contribution >= 4 is 43.8 Å². The van der Waals surface area contributed by atoms with Crippen molar-refractivity contribution in [2.45, 2.75) is 0 Å². The molecule has 4 rings (SSSR count). The van der Waals surface area contributed by atoms with E-state index < -0.39 is 0 Å². The molecule has 0 saturated carbocycles. The van der Waals surface area contributed by atoms with Gasteiger partial charge in [0.05, 0.1) is 11.3 Å². The largest absolute Gasteiger partial charge is 0.361 e. The van der Waals surface area contributed by atoms with Crippen LogP contribution >= 0.6 is 11.3 Å². The number of nitriles is 1. The van der Waals surface area contributed by atoms with Crippen LogP contribution in [0, 0.1) is 11.3 Å². The van der Waals surface area contributed by atoms with Gasteiger partial charge in [0.1, 0.15) is 10.9 Å². The van der Waals surface area contributed by atoms with Crippen molar-refractivity contribution in [3.63, 3.8) is 0 Å². The highest BCUT2D eigenvalue weighted by atomic mass is 32.1. The zero-order valence-corrected chi connectivity index (χ0v) is 11.7. The molecule has 0 fully saturated rings. The summed E-state index contributed by atoms with van der Waals surface area (Å²) in [6.45, 7) is 0. The molecule has 4 nitrogen and oxygen atoms in total. The number of benzene rings is 1. The van der Waals surface area contributed by atoms with Crippen LogP contribution in [-0.4, -0.2) is 9.97 Å². The summed E-state index contributed by atoms with van der Waals surface area (Å²) in [4.78, 5) is 8.41. The predicted octanol–water partition coefficient (Wildman–Crippen LogP) is 4.39. The van der Waals surface area contributed by atoms with Gasteiger partial charge in [0.25, 0.3) is 0 Å². The Bertz CT molecular complexity index is 990. The van der Waals surface area contributed by atoms with Crippen molar-refractivity contribution < 1.29 is 0 Å². The number of nitrogens with zero attached hydrogens (tertiary/aromatic N) is 2. The minimum atomic E-state index is 0.551.